The SMILES string of the molecule is Cc1c(C(=O)CCN2CCN(c3ccc(F)cc3)CC2)cnn1-c1cnc2ccccc2n1.Cl. The molecular formula is C25H26ClFN6O. The molecule has 3 heterocycles. The molecule has 1 aliphatic rings. The van der Waals surface area contributed by atoms with E-state index < -0.39 is 0 Å². The molecule has 0 spiro atoms. The lowest BCUT2D eigenvalue weighted by Crippen LogP contribution is -2.46. The van der Waals surface area contributed by atoms with Gasteiger partial charge in [-0.15, -0.1) is 12.4 Å². The van der Waals surface area contributed by atoms with Crippen LogP contribution in [0, 0.1) is 12.7 Å². The summed E-state index contributed by atoms with van der Waals surface area (Å²) in [4.78, 5) is 26.5. The van der Waals surface area contributed by atoms with E-state index in [1.807, 2.05) is 43.3 Å². The molecule has 176 valence electrons. The van der Waals surface area contributed by atoms with E-state index in [4.69, 9.17) is 0 Å². The Morgan fingerprint density at radius 2 is 1.68 bits per heavy atom. The van der Waals surface area contributed by atoms with Gasteiger partial charge in [0.2, 0.25) is 0 Å². The van der Waals surface area contributed by atoms with Gasteiger partial charge < -0.3 is 4.90 Å². The number of carbonyl (C=O) groups excluding carboxylic acids is 1. The Morgan fingerprint density at radius 3 is 2.41 bits per heavy atom. The second-order valence-corrected chi connectivity index (χ2v) is 8.25. The number of rotatable bonds is 6. The number of Topliss-reactive ketones (excluding diaryl/α,β-unsaturated/α-hetero) is 1. The fraction of sp³-hybridized carbons (Fsp3) is 0.280. The molecule has 34 heavy (non-hydrogen) atoms. The molecule has 1 fully saturated rings. The van der Waals surface area contributed by atoms with Crippen molar-refractivity contribution in [2.75, 3.05) is 37.6 Å². The van der Waals surface area contributed by atoms with Gasteiger partial charge in [0.15, 0.2) is 11.6 Å². The van der Waals surface area contributed by atoms with Gasteiger partial charge >= 0.3 is 0 Å². The smallest absolute Gasteiger partial charge is 0.172 e. The third-order valence-electron chi connectivity index (χ3n) is 6.18. The van der Waals surface area contributed by atoms with Gasteiger partial charge in [0.25, 0.3) is 0 Å². The summed E-state index contributed by atoms with van der Waals surface area (Å²) in [6.07, 6.45) is 3.74. The molecule has 7 nitrogen and oxygen atoms in total. The molecular weight excluding hydrogens is 455 g/mol. The van der Waals surface area contributed by atoms with Gasteiger partial charge in [-0.3, -0.25) is 14.7 Å². The number of benzene rings is 2. The highest BCUT2D eigenvalue weighted by Crippen LogP contribution is 2.19. The molecule has 0 atom stereocenters. The van der Waals surface area contributed by atoms with Crippen LogP contribution in [0.4, 0.5) is 10.1 Å². The molecule has 9 heteroatoms. The van der Waals surface area contributed by atoms with Crippen LogP contribution in [-0.2, 0) is 0 Å². The molecule has 1 aliphatic heterocycles. The number of carbonyl (C=O) groups is 1. The summed E-state index contributed by atoms with van der Waals surface area (Å²) < 4.78 is 14.8. The Hall–Kier alpha value is -3.36. The van der Waals surface area contributed by atoms with Gasteiger partial charge in [-0.05, 0) is 43.3 Å². The summed E-state index contributed by atoms with van der Waals surface area (Å²) in [7, 11) is 0. The van der Waals surface area contributed by atoms with Crippen LogP contribution in [-0.4, -0.2) is 63.2 Å². The van der Waals surface area contributed by atoms with E-state index in [1.54, 1.807) is 17.1 Å². The molecule has 0 saturated carbocycles. The third kappa shape index (κ3) is 4.93. The summed E-state index contributed by atoms with van der Waals surface area (Å²) in [5.74, 6) is 0.456. The maximum absolute atomic E-state index is 13.1. The molecule has 5 rings (SSSR count). The number of para-hydroxylation sites is 2. The van der Waals surface area contributed by atoms with E-state index in [0.29, 0.717) is 24.3 Å². The Labute approximate surface area is 203 Å². The first-order valence-corrected chi connectivity index (χ1v) is 11.1. The minimum absolute atomic E-state index is 0. The molecule has 0 radical (unpaired) electrons. The zero-order chi connectivity index (χ0) is 22.8. The first kappa shape index (κ1) is 23.8. The summed E-state index contributed by atoms with van der Waals surface area (Å²) in [6, 6.07) is 14.3. The van der Waals surface area contributed by atoms with E-state index >= 15 is 0 Å². The number of hydrogen-bond acceptors (Lipinski definition) is 6. The van der Waals surface area contributed by atoms with Gasteiger partial charge in [0, 0.05) is 44.8 Å². The molecule has 2 aromatic carbocycles. The minimum atomic E-state index is -0.220. The van der Waals surface area contributed by atoms with E-state index in [2.05, 4.69) is 24.9 Å². The van der Waals surface area contributed by atoms with Crippen molar-refractivity contribution in [2.45, 2.75) is 13.3 Å². The number of ketones is 1. The van der Waals surface area contributed by atoms with Crippen LogP contribution >= 0.6 is 12.4 Å². The average Bonchev–Trinajstić information content (AvgIpc) is 3.24. The number of piperazine rings is 1. The molecule has 1 saturated heterocycles. The lowest BCUT2D eigenvalue weighted by molar-refractivity contribution is 0.0962. The monoisotopic (exact) mass is 480 g/mol. The first-order chi connectivity index (χ1) is 16.1. The average molecular weight is 481 g/mol. The number of nitrogens with zero attached hydrogens (tertiary/aromatic N) is 6. The maximum atomic E-state index is 13.1. The standard InChI is InChI=1S/C25H25FN6O.ClH/c1-18-21(16-28-32(18)25-17-27-22-4-2-3-5-23(22)29-25)24(33)10-11-30-12-14-31(15-13-30)20-8-6-19(26)7-9-20;/h2-9,16-17H,10-15H2,1H3;1H. The Morgan fingerprint density at radius 1 is 0.971 bits per heavy atom. The summed E-state index contributed by atoms with van der Waals surface area (Å²) in [5, 5.41) is 4.40. The van der Waals surface area contributed by atoms with Crippen molar-refractivity contribution in [1.82, 2.24) is 24.6 Å². The fourth-order valence-electron chi connectivity index (χ4n) is 4.24. The summed E-state index contributed by atoms with van der Waals surface area (Å²) >= 11 is 0. The summed E-state index contributed by atoms with van der Waals surface area (Å²) in [5.41, 5.74) is 4.03. The molecule has 4 aromatic rings. The van der Waals surface area contributed by atoms with Crippen LogP contribution < -0.4 is 4.90 Å². The van der Waals surface area contributed by atoms with Crippen molar-refractivity contribution in [2.24, 2.45) is 0 Å². The highest BCUT2D eigenvalue weighted by atomic mass is 35.5. The molecule has 0 aliphatic carbocycles. The van der Waals surface area contributed by atoms with Crippen LogP contribution in [0.5, 0.6) is 0 Å². The molecule has 0 unspecified atom stereocenters. The number of aromatic nitrogens is 4. The van der Waals surface area contributed by atoms with Crippen molar-refractivity contribution in [3.8, 4) is 5.82 Å². The second-order valence-electron chi connectivity index (χ2n) is 8.25. The van der Waals surface area contributed by atoms with E-state index in [0.717, 1.165) is 48.6 Å². The van der Waals surface area contributed by atoms with Gasteiger partial charge in [0.1, 0.15) is 5.82 Å². The van der Waals surface area contributed by atoms with Crippen molar-refractivity contribution in [3.63, 3.8) is 0 Å². The van der Waals surface area contributed by atoms with Crippen molar-refractivity contribution < 1.29 is 9.18 Å². The Balaban J connectivity index is 0.00000274. The van der Waals surface area contributed by atoms with E-state index in [-0.39, 0.29) is 24.0 Å². The normalized spacial score (nSPS) is 14.2. The van der Waals surface area contributed by atoms with Gasteiger partial charge in [0.05, 0.1) is 34.7 Å². The topological polar surface area (TPSA) is 67.2 Å². The number of fused-ring (bicyclic) bond motifs is 1. The molecule has 0 amide bonds. The minimum Gasteiger partial charge on any atom is -0.369 e. The number of anilines is 1. The quantitative estimate of drug-likeness (QED) is 0.387. The van der Waals surface area contributed by atoms with Gasteiger partial charge in [-0.1, -0.05) is 12.1 Å². The van der Waals surface area contributed by atoms with E-state index in [1.165, 1.54) is 12.1 Å². The largest absolute Gasteiger partial charge is 0.369 e. The predicted octanol–water partition coefficient (Wildman–Crippen LogP) is 4.08. The van der Waals surface area contributed by atoms with Crippen LogP contribution in [0.1, 0.15) is 22.5 Å². The fourth-order valence-corrected chi connectivity index (χ4v) is 4.24. The van der Waals surface area contributed by atoms with Crippen LogP contribution in [0.25, 0.3) is 16.9 Å². The first-order valence-electron chi connectivity index (χ1n) is 11.1. The third-order valence-corrected chi connectivity index (χ3v) is 6.18. The lowest BCUT2D eigenvalue weighted by atomic mass is 10.1. The van der Waals surface area contributed by atoms with Crippen LogP contribution in [0.15, 0.2) is 60.9 Å². The van der Waals surface area contributed by atoms with Crippen molar-refractivity contribution in [1.29, 1.82) is 0 Å². The zero-order valence-electron chi connectivity index (χ0n) is 18.9. The Kier molecular flexibility index (Phi) is 7.19. The van der Waals surface area contributed by atoms with Crippen LogP contribution in [0.2, 0.25) is 0 Å². The highest BCUT2D eigenvalue weighted by molar-refractivity contribution is 5.97. The predicted molar refractivity (Wildman–Crippen MR) is 133 cm³/mol. The Bertz CT molecular complexity index is 1280. The van der Waals surface area contributed by atoms with Gasteiger partial charge in [-0.2, -0.15) is 5.10 Å². The molecule has 0 N–H and O–H groups in total. The number of hydrogen-bond donors (Lipinski definition) is 0. The highest BCUT2D eigenvalue weighted by Gasteiger charge is 2.20. The van der Waals surface area contributed by atoms with E-state index in [9.17, 15) is 9.18 Å². The maximum Gasteiger partial charge on any atom is 0.172 e. The van der Waals surface area contributed by atoms with Crippen molar-refractivity contribution >= 4 is 34.9 Å². The molecule has 0 bridgehead atoms. The van der Waals surface area contributed by atoms with Crippen LogP contribution in [0.3, 0.4) is 0 Å². The lowest BCUT2D eigenvalue weighted by Gasteiger charge is -2.36. The molecule has 2 aromatic heterocycles. The number of halogens is 2. The second kappa shape index (κ2) is 10.3. The zero-order valence-corrected chi connectivity index (χ0v) is 19.7. The van der Waals surface area contributed by atoms with Gasteiger partial charge in [-0.25, -0.2) is 14.1 Å². The summed E-state index contributed by atoms with van der Waals surface area (Å²) in [6.45, 7) is 6.05. The van der Waals surface area contributed by atoms with Crippen molar-refractivity contribution in [3.05, 3.63) is 78.0 Å².